The minimum absolute atomic E-state index is 0.117. The number of anilines is 1. The molecule has 1 unspecified atom stereocenters. The summed E-state index contributed by atoms with van der Waals surface area (Å²) in [6.45, 7) is 1.72. The third-order valence-electron chi connectivity index (χ3n) is 4.39. The van der Waals surface area contributed by atoms with Crippen LogP contribution in [0.1, 0.15) is 29.5 Å². The van der Waals surface area contributed by atoms with Crippen molar-refractivity contribution in [1.82, 2.24) is 15.5 Å². The summed E-state index contributed by atoms with van der Waals surface area (Å²) in [7, 11) is 0. The van der Waals surface area contributed by atoms with E-state index in [1.165, 1.54) is 12.1 Å². The Labute approximate surface area is 149 Å². The molecule has 0 radical (unpaired) electrons. The standard InChI is InChI=1S/C19H17FN4O2/c1-11-21-18(24-26-11)13-3-2-4-15(10-13)22-19(25)23-17-8-5-12-9-14(20)6-7-16(12)17/h2-4,6-7,9-10,17H,5,8H2,1H3,(H2,22,23,25). The lowest BCUT2D eigenvalue weighted by Gasteiger charge is -2.15. The molecule has 0 bridgehead atoms. The number of carbonyl (C=O) groups excluding carboxylic acids is 1. The van der Waals surface area contributed by atoms with Crippen molar-refractivity contribution in [3.63, 3.8) is 0 Å². The number of urea groups is 1. The number of nitrogens with zero attached hydrogens (tertiary/aromatic N) is 2. The van der Waals surface area contributed by atoms with E-state index in [9.17, 15) is 9.18 Å². The highest BCUT2D eigenvalue weighted by Gasteiger charge is 2.24. The zero-order valence-electron chi connectivity index (χ0n) is 14.1. The van der Waals surface area contributed by atoms with E-state index in [1.807, 2.05) is 12.1 Å². The van der Waals surface area contributed by atoms with Crippen molar-refractivity contribution in [3.8, 4) is 11.4 Å². The van der Waals surface area contributed by atoms with Gasteiger partial charge in [0.05, 0.1) is 6.04 Å². The summed E-state index contributed by atoms with van der Waals surface area (Å²) in [4.78, 5) is 16.5. The third-order valence-corrected chi connectivity index (χ3v) is 4.39. The first kappa shape index (κ1) is 16.3. The number of aromatic nitrogens is 2. The van der Waals surface area contributed by atoms with Crippen LogP contribution >= 0.6 is 0 Å². The van der Waals surface area contributed by atoms with Gasteiger partial charge in [0.2, 0.25) is 11.7 Å². The summed E-state index contributed by atoms with van der Waals surface area (Å²) in [5, 5.41) is 9.64. The normalized spacial score (nSPS) is 15.5. The van der Waals surface area contributed by atoms with Crippen LogP contribution < -0.4 is 10.6 Å². The van der Waals surface area contributed by atoms with Crippen LogP contribution in [0.2, 0.25) is 0 Å². The Balaban J connectivity index is 1.45. The van der Waals surface area contributed by atoms with Crippen LogP contribution in [0.15, 0.2) is 47.0 Å². The van der Waals surface area contributed by atoms with Crippen molar-refractivity contribution < 1.29 is 13.7 Å². The lowest BCUT2D eigenvalue weighted by atomic mass is 10.1. The summed E-state index contributed by atoms with van der Waals surface area (Å²) in [6, 6.07) is 11.5. The lowest BCUT2D eigenvalue weighted by molar-refractivity contribution is 0.248. The fraction of sp³-hybridized carbons (Fsp3) is 0.211. The smallest absolute Gasteiger partial charge is 0.319 e. The molecule has 6 nitrogen and oxygen atoms in total. The van der Waals surface area contributed by atoms with E-state index in [-0.39, 0.29) is 17.9 Å². The topological polar surface area (TPSA) is 80.0 Å². The molecule has 1 aromatic heterocycles. The molecule has 2 N–H and O–H groups in total. The number of aryl methyl sites for hydroxylation is 2. The molecule has 1 heterocycles. The van der Waals surface area contributed by atoms with Crippen molar-refractivity contribution in [2.75, 3.05) is 5.32 Å². The lowest BCUT2D eigenvalue weighted by Crippen LogP contribution is -2.31. The van der Waals surface area contributed by atoms with Crippen molar-refractivity contribution in [2.24, 2.45) is 0 Å². The Bertz CT molecular complexity index is 970. The molecule has 1 atom stereocenters. The molecule has 0 fully saturated rings. The number of amides is 2. The second-order valence-corrected chi connectivity index (χ2v) is 6.25. The van der Waals surface area contributed by atoms with Gasteiger partial charge in [-0.1, -0.05) is 23.4 Å². The number of carbonyl (C=O) groups is 1. The third kappa shape index (κ3) is 3.28. The van der Waals surface area contributed by atoms with Crippen LogP contribution in [0.3, 0.4) is 0 Å². The van der Waals surface area contributed by atoms with Gasteiger partial charge in [-0.05, 0) is 48.2 Å². The zero-order chi connectivity index (χ0) is 18.1. The Hall–Kier alpha value is -3.22. The second kappa shape index (κ2) is 6.59. The van der Waals surface area contributed by atoms with Gasteiger partial charge in [0.15, 0.2) is 0 Å². The predicted octanol–water partition coefficient (Wildman–Crippen LogP) is 3.99. The molecule has 0 saturated carbocycles. The van der Waals surface area contributed by atoms with Gasteiger partial charge in [-0.3, -0.25) is 0 Å². The zero-order valence-corrected chi connectivity index (χ0v) is 14.1. The Kier molecular flexibility index (Phi) is 4.12. The monoisotopic (exact) mass is 352 g/mol. The van der Waals surface area contributed by atoms with Crippen LogP contribution in [-0.2, 0) is 6.42 Å². The molecule has 2 aromatic carbocycles. The second-order valence-electron chi connectivity index (χ2n) is 6.25. The van der Waals surface area contributed by atoms with Crippen molar-refractivity contribution in [1.29, 1.82) is 0 Å². The van der Waals surface area contributed by atoms with Gasteiger partial charge < -0.3 is 15.2 Å². The highest BCUT2D eigenvalue weighted by molar-refractivity contribution is 5.90. The summed E-state index contributed by atoms with van der Waals surface area (Å²) in [5.41, 5.74) is 3.29. The molecule has 0 saturated heterocycles. The van der Waals surface area contributed by atoms with Gasteiger partial charge in [-0.2, -0.15) is 4.98 Å². The molecule has 1 aliphatic carbocycles. The summed E-state index contributed by atoms with van der Waals surface area (Å²) in [5.74, 6) is 0.702. The van der Waals surface area contributed by atoms with E-state index < -0.39 is 0 Å². The van der Waals surface area contributed by atoms with Gasteiger partial charge in [-0.15, -0.1) is 0 Å². The van der Waals surface area contributed by atoms with Crippen molar-refractivity contribution >= 4 is 11.7 Å². The minimum Gasteiger partial charge on any atom is -0.339 e. The average Bonchev–Trinajstić information content (AvgIpc) is 3.21. The Morgan fingerprint density at radius 3 is 2.96 bits per heavy atom. The van der Waals surface area contributed by atoms with E-state index >= 15 is 0 Å². The predicted molar refractivity (Wildman–Crippen MR) is 94.1 cm³/mol. The van der Waals surface area contributed by atoms with Crippen LogP contribution in [0, 0.1) is 12.7 Å². The van der Waals surface area contributed by atoms with Crippen LogP contribution in [0.4, 0.5) is 14.9 Å². The molecule has 26 heavy (non-hydrogen) atoms. The number of hydrogen-bond acceptors (Lipinski definition) is 4. The Morgan fingerprint density at radius 1 is 1.27 bits per heavy atom. The molecule has 3 aromatic rings. The summed E-state index contributed by atoms with van der Waals surface area (Å²) < 4.78 is 18.3. The first-order chi connectivity index (χ1) is 12.6. The fourth-order valence-corrected chi connectivity index (χ4v) is 3.21. The molecular weight excluding hydrogens is 335 g/mol. The number of benzene rings is 2. The highest BCUT2D eigenvalue weighted by Crippen LogP contribution is 2.31. The summed E-state index contributed by atoms with van der Waals surface area (Å²) >= 11 is 0. The minimum atomic E-state index is -0.311. The molecular formula is C19H17FN4O2. The van der Waals surface area contributed by atoms with E-state index in [0.29, 0.717) is 17.4 Å². The van der Waals surface area contributed by atoms with Gasteiger partial charge in [0, 0.05) is 18.2 Å². The summed E-state index contributed by atoms with van der Waals surface area (Å²) in [6.07, 6.45) is 1.51. The molecule has 7 heteroatoms. The quantitative estimate of drug-likeness (QED) is 0.747. The maximum atomic E-state index is 13.3. The van der Waals surface area contributed by atoms with Gasteiger partial charge >= 0.3 is 6.03 Å². The van der Waals surface area contributed by atoms with Crippen LogP contribution in [0.5, 0.6) is 0 Å². The van der Waals surface area contributed by atoms with Crippen LogP contribution in [-0.4, -0.2) is 16.2 Å². The van der Waals surface area contributed by atoms with Gasteiger partial charge in [0.25, 0.3) is 0 Å². The average molecular weight is 352 g/mol. The van der Waals surface area contributed by atoms with E-state index in [4.69, 9.17) is 4.52 Å². The SMILES string of the molecule is Cc1nc(-c2cccc(NC(=O)NC3CCc4cc(F)ccc43)c2)no1. The number of fused-ring (bicyclic) bond motifs is 1. The Morgan fingerprint density at radius 2 is 2.15 bits per heavy atom. The number of nitrogens with one attached hydrogen (secondary N) is 2. The largest absolute Gasteiger partial charge is 0.339 e. The molecule has 0 aliphatic heterocycles. The van der Waals surface area contributed by atoms with E-state index in [0.717, 1.165) is 29.5 Å². The number of rotatable bonds is 3. The van der Waals surface area contributed by atoms with Gasteiger partial charge in [-0.25, -0.2) is 9.18 Å². The van der Waals surface area contributed by atoms with E-state index in [1.54, 1.807) is 25.1 Å². The van der Waals surface area contributed by atoms with Gasteiger partial charge in [0.1, 0.15) is 5.82 Å². The maximum absolute atomic E-state index is 13.3. The van der Waals surface area contributed by atoms with E-state index in [2.05, 4.69) is 20.8 Å². The number of hydrogen-bond donors (Lipinski definition) is 2. The van der Waals surface area contributed by atoms with Crippen molar-refractivity contribution in [2.45, 2.75) is 25.8 Å². The highest BCUT2D eigenvalue weighted by atomic mass is 19.1. The molecule has 0 spiro atoms. The van der Waals surface area contributed by atoms with Crippen LogP contribution in [0.25, 0.3) is 11.4 Å². The first-order valence-corrected chi connectivity index (χ1v) is 8.35. The first-order valence-electron chi connectivity index (χ1n) is 8.35. The molecule has 132 valence electrons. The van der Waals surface area contributed by atoms with Crippen molar-refractivity contribution in [3.05, 3.63) is 65.3 Å². The molecule has 1 aliphatic rings. The molecule has 4 rings (SSSR count). The molecule has 2 amide bonds. The fourth-order valence-electron chi connectivity index (χ4n) is 3.21. The maximum Gasteiger partial charge on any atom is 0.319 e. The number of halogens is 1.